The number of carbonyl (C=O) groups is 1. The van der Waals surface area contributed by atoms with E-state index in [9.17, 15) is 14.9 Å². The van der Waals surface area contributed by atoms with E-state index < -0.39 is 5.63 Å². The molecule has 1 aliphatic carbocycles. The van der Waals surface area contributed by atoms with Crippen LogP contribution in [0.1, 0.15) is 53.6 Å². The number of carbonyl (C=O) groups excluding carboxylic acids is 1. The highest BCUT2D eigenvalue weighted by Crippen LogP contribution is 2.44. The summed E-state index contributed by atoms with van der Waals surface area (Å²) in [5.74, 6) is 0.244. The molecule has 0 radical (unpaired) electrons. The van der Waals surface area contributed by atoms with E-state index in [0.717, 1.165) is 30.2 Å². The van der Waals surface area contributed by atoms with Crippen molar-refractivity contribution < 1.29 is 9.21 Å². The zero-order valence-corrected chi connectivity index (χ0v) is 20.8. The van der Waals surface area contributed by atoms with Crippen molar-refractivity contribution in [2.45, 2.75) is 40.0 Å². The summed E-state index contributed by atoms with van der Waals surface area (Å²) < 4.78 is 5.46. The topological polar surface area (TPSA) is 83.1 Å². The van der Waals surface area contributed by atoms with Crippen molar-refractivity contribution in [3.8, 4) is 17.2 Å². The number of nitriles is 1. The first-order chi connectivity index (χ1) is 16.7. The Hall–Kier alpha value is -3.69. The molecule has 1 amide bonds. The van der Waals surface area contributed by atoms with Gasteiger partial charge in [0.15, 0.2) is 0 Å². The Labute approximate surface area is 208 Å². The lowest BCUT2D eigenvalue weighted by atomic mass is 9.72. The zero-order valence-electron chi connectivity index (χ0n) is 20.0. The predicted molar refractivity (Wildman–Crippen MR) is 140 cm³/mol. The molecule has 1 atom stereocenters. The molecule has 0 spiro atoms. The largest absolute Gasteiger partial charge is 0.422 e. The highest BCUT2D eigenvalue weighted by atomic mass is 32.1. The van der Waals surface area contributed by atoms with Crippen LogP contribution in [-0.2, 0) is 12.8 Å². The number of hydrogen-bond donors (Lipinski definition) is 1. The Morgan fingerprint density at radius 1 is 1.14 bits per heavy atom. The maximum atomic E-state index is 13.2. The Morgan fingerprint density at radius 2 is 1.94 bits per heavy atom. The van der Waals surface area contributed by atoms with E-state index in [0.29, 0.717) is 38.8 Å². The number of para-hydroxylation sites is 1. The van der Waals surface area contributed by atoms with Crippen molar-refractivity contribution >= 4 is 33.2 Å². The molecule has 0 saturated heterocycles. The van der Waals surface area contributed by atoms with Gasteiger partial charge in [-0.1, -0.05) is 51.1 Å². The third-order valence-electron chi connectivity index (χ3n) is 6.91. The van der Waals surface area contributed by atoms with Gasteiger partial charge in [-0.2, -0.15) is 5.26 Å². The summed E-state index contributed by atoms with van der Waals surface area (Å²) in [6, 6.07) is 18.4. The van der Waals surface area contributed by atoms with Gasteiger partial charge in [0.05, 0.1) is 11.1 Å². The van der Waals surface area contributed by atoms with Gasteiger partial charge in [0.2, 0.25) is 0 Å². The summed E-state index contributed by atoms with van der Waals surface area (Å²) in [7, 11) is 0. The fourth-order valence-corrected chi connectivity index (χ4v) is 6.07. The minimum Gasteiger partial charge on any atom is -0.422 e. The number of rotatable bonds is 3. The highest BCUT2D eigenvalue weighted by molar-refractivity contribution is 7.16. The lowest BCUT2D eigenvalue weighted by Crippen LogP contribution is -2.26. The predicted octanol–water partition coefficient (Wildman–Crippen LogP) is 6.80. The molecule has 4 aromatic rings. The lowest BCUT2D eigenvalue weighted by Gasteiger charge is -2.33. The van der Waals surface area contributed by atoms with Gasteiger partial charge in [0.1, 0.15) is 16.7 Å². The number of anilines is 1. The molecule has 0 bridgehead atoms. The van der Waals surface area contributed by atoms with Crippen LogP contribution in [0.15, 0.2) is 63.8 Å². The Morgan fingerprint density at radius 3 is 2.71 bits per heavy atom. The van der Waals surface area contributed by atoms with Crippen LogP contribution in [0.4, 0.5) is 5.00 Å². The first kappa shape index (κ1) is 23.1. The molecule has 0 fully saturated rings. The van der Waals surface area contributed by atoms with E-state index in [-0.39, 0.29) is 11.3 Å². The molecule has 2 aromatic heterocycles. The second-order valence-electron chi connectivity index (χ2n) is 10.1. The molecule has 1 unspecified atom stereocenters. The third-order valence-corrected chi connectivity index (χ3v) is 8.08. The molecule has 5 rings (SSSR count). The summed E-state index contributed by atoms with van der Waals surface area (Å²) in [5, 5.41) is 14.2. The summed E-state index contributed by atoms with van der Waals surface area (Å²) in [6.45, 7) is 6.77. The van der Waals surface area contributed by atoms with Gasteiger partial charge in [-0.15, -0.1) is 11.3 Å². The number of thiophene rings is 1. The van der Waals surface area contributed by atoms with Gasteiger partial charge in [-0.3, -0.25) is 4.79 Å². The Balaban J connectivity index is 1.44. The number of hydrogen-bond acceptors (Lipinski definition) is 5. The van der Waals surface area contributed by atoms with Crippen LogP contribution in [0.3, 0.4) is 0 Å². The number of benzene rings is 2. The molecule has 1 N–H and O–H groups in total. The Kier molecular flexibility index (Phi) is 5.82. The number of nitrogens with one attached hydrogen (secondary N) is 1. The fraction of sp³-hybridized carbons (Fsp3) is 0.276. The molecule has 176 valence electrons. The summed E-state index contributed by atoms with van der Waals surface area (Å²) >= 11 is 1.51. The molecule has 0 aliphatic heterocycles. The summed E-state index contributed by atoms with van der Waals surface area (Å²) in [6.07, 6.45) is 2.84. The molecule has 1 aliphatic rings. The summed E-state index contributed by atoms with van der Waals surface area (Å²) in [5.41, 5.74) is 3.35. The quantitative estimate of drug-likeness (QED) is 0.326. The van der Waals surface area contributed by atoms with E-state index in [2.05, 4.69) is 32.2 Å². The zero-order chi connectivity index (χ0) is 24.7. The van der Waals surface area contributed by atoms with Crippen molar-refractivity contribution in [1.29, 1.82) is 5.26 Å². The van der Waals surface area contributed by atoms with Crippen LogP contribution >= 0.6 is 11.3 Å². The van der Waals surface area contributed by atoms with Gasteiger partial charge in [-0.05, 0) is 66.0 Å². The second-order valence-corrected chi connectivity index (χ2v) is 11.3. The van der Waals surface area contributed by atoms with Crippen LogP contribution in [0.2, 0.25) is 0 Å². The monoisotopic (exact) mass is 482 g/mol. The highest BCUT2D eigenvalue weighted by Gasteiger charge is 2.32. The number of nitrogens with zero attached hydrogens (tertiary/aromatic N) is 1. The minimum atomic E-state index is -0.452. The molecule has 2 aromatic carbocycles. The molecular weight excluding hydrogens is 456 g/mol. The van der Waals surface area contributed by atoms with E-state index in [1.165, 1.54) is 16.2 Å². The number of amides is 1. The van der Waals surface area contributed by atoms with Gasteiger partial charge in [-0.25, -0.2) is 4.79 Å². The lowest BCUT2D eigenvalue weighted by molar-refractivity contribution is 0.102. The van der Waals surface area contributed by atoms with E-state index >= 15 is 0 Å². The average molecular weight is 483 g/mol. The normalized spacial score (nSPS) is 15.4. The smallest absolute Gasteiger partial charge is 0.344 e. The first-order valence-corrected chi connectivity index (χ1v) is 12.6. The van der Waals surface area contributed by atoms with Crippen molar-refractivity contribution in [1.82, 2.24) is 0 Å². The van der Waals surface area contributed by atoms with Crippen LogP contribution in [0, 0.1) is 22.7 Å². The van der Waals surface area contributed by atoms with Gasteiger partial charge in [0, 0.05) is 15.8 Å². The molecule has 2 heterocycles. The van der Waals surface area contributed by atoms with Crippen molar-refractivity contribution in [2.75, 3.05) is 5.32 Å². The first-order valence-electron chi connectivity index (χ1n) is 11.7. The standard InChI is InChI=1S/C29H26N2O3S/c1-29(2,3)20-11-12-21-23(16-30)27(35-25(21)15-20)31-26(32)19-9-6-8-17(13-19)22-14-18-7-4-5-10-24(18)34-28(22)33/h4-10,13-14,20H,11-12,15H2,1-3H3,(H,31,32). The summed E-state index contributed by atoms with van der Waals surface area (Å²) in [4.78, 5) is 27.0. The molecular formula is C29H26N2O3S. The van der Waals surface area contributed by atoms with Crippen molar-refractivity contribution in [3.63, 3.8) is 0 Å². The average Bonchev–Trinajstić information content (AvgIpc) is 3.19. The minimum absolute atomic E-state index is 0.202. The van der Waals surface area contributed by atoms with E-state index in [1.807, 2.05) is 18.2 Å². The molecule has 5 nitrogen and oxygen atoms in total. The maximum absolute atomic E-state index is 13.2. The third kappa shape index (κ3) is 4.40. The van der Waals surface area contributed by atoms with Crippen molar-refractivity contribution in [3.05, 3.63) is 86.6 Å². The van der Waals surface area contributed by atoms with Crippen molar-refractivity contribution in [2.24, 2.45) is 11.3 Å². The molecule has 0 saturated carbocycles. The second kappa shape index (κ2) is 8.83. The van der Waals surface area contributed by atoms with Gasteiger partial charge >= 0.3 is 5.63 Å². The van der Waals surface area contributed by atoms with Gasteiger partial charge < -0.3 is 9.73 Å². The van der Waals surface area contributed by atoms with Gasteiger partial charge in [0.25, 0.3) is 5.91 Å². The molecule has 35 heavy (non-hydrogen) atoms. The number of fused-ring (bicyclic) bond motifs is 2. The Bertz CT molecular complexity index is 1550. The van der Waals surface area contributed by atoms with Crippen LogP contribution in [-0.4, -0.2) is 5.91 Å². The molecule has 6 heteroatoms. The maximum Gasteiger partial charge on any atom is 0.344 e. The van der Waals surface area contributed by atoms with E-state index in [4.69, 9.17) is 4.42 Å². The van der Waals surface area contributed by atoms with E-state index in [1.54, 1.807) is 36.4 Å². The fourth-order valence-electron chi connectivity index (χ4n) is 4.80. The van der Waals surface area contributed by atoms with Crippen LogP contribution < -0.4 is 10.9 Å². The van der Waals surface area contributed by atoms with Crippen LogP contribution in [0.5, 0.6) is 0 Å². The van der Waals surface area contributed by atoms with Crippen LogP contribution in [0.25, 0.3) is 22.1 Å². The SMILES string of the molecule is CC(C)(C)C1CCc2c(sc(NC(=O)c3cccc(-c4cc5ccccc5oc4=O)c3)c2C#N)C1.